The quantitative estimate of drug-likeness (QED) is 0.826. The van der Waals surface area contributed by atoms with Crippen LogP contribution in [0.15, 0.2) is 0 Å². The fraction of sp³-hybridized carbons (Fsp3) is 0.533. The Morgan fingerprint density at radius 1 is 1.19 bits per heavy atom. The van der Waals surface area contributed by atoms with E-state index < -0.39 is 11.9 Å². The van der Waals surface area contributed by atoms with Crippen molar-refractivity contribution in [2.75, 3.05) is 18.9 Å². The average molecular weight is 292 g/mol. The second-order valence-corrected chi connectivity index (χ2v) is 4.83. The summed E-state index contributed by atoms with van der Waals surface area (Å²) in [6.07, 6.45) is 2.51. The molecule has 0 aromatic carbocycles. The Morgan fingerprint density at radius 2 is 1.90 bits per heavy atom. The minimum Gasteiger partial charge on any atom is -0.466 e. The molecule has 0 radical (unpaired) electrons. The number of nitrogens with zero attached hydrogens (tertiary/aromatic N) is 1. The molecular weight excluding hydrogens is 272 g/mol. The number of rotatable bonds is 5. The van der Waals surface area contributed by atoms with Crippen LogP contribution in [0, 0.1) is 0 Å². The standard InChI is InChI=1S/C15H20N2O4/c1-3-20-12(18)8-11-13(15(19)21-4-2)14(16)9-6-5-7-10(9)17-11/h3-8H2,1-2H3,(H2,16,17). The Bertz CT molecular complexity index is 569. The summed E-state index contributed by atoms with van der Waals surface area (Å²) in [5, 5.41) is 0. The van der Waals surface area contributed by atoms with Gasteiger partial charge in [0.2, 0.25) is 0 Å². The van der Waals surface area contributed by atoms with E-state index in [0.29, 0.717) is 11.4 Å². The second kappa shape index (κ2) is 6.56. The number of esters is 2. The Kier molecular flexibility index (Phi) is 4.77. The molecule has 2 rings (SSSR count). The van der Waals surface area contributed by atoms with Crippen LogP contribution in [0.5, 0.6) is 0 Å². The molecule has 2 N–H and O–H groups in total. The summed E-state index contributed by atoms with van der Waals surface area (Å²) in [5.41, 5.74) is 8.87. The van der Waals surface area contributed by atoms with E-state index in [0.717, 1.165) is 30.5 Å². The van der Waals surface area contributed by atoms with Gasteiger partial charge in [0.15, 0.2) is 0 Å². The summed E-state index contributed by atoms with van der Waals surface area (Å²) in [7, 11) is 0. The summed E-state index contributed by atoms with van der Waals surface area (Å²) in [6, 6.07) is 0. The van der Waals surface area contributed by atoms with Crippen LogP contribution in [0.25, 0.3) is 0 Å². The maximum Gasteiger partial charge on any atom is 0.342 e. The Morgan fingerprint density at radius 3 is 2.57 bits per heavy atom. The molecule has 0 saturated heterocycles. The highest BCUT2D eigenvalue weighted by Crippen LogP contribution is 2.31. The molecule has 1 aromatic rings. The van der Waals surface area contributed by atoms with Gasteiger partial charge in [-0.2, -0.15) is 0 Å². The number of nitrogen functional groups attached to an aromatic ring is 1. The van der Waals surface area contributed by atoms with Gasteiger partial charge in [-0.05, 0) is 38.7 Å². The number of pyridine rings is 1. The first-order valence-electron chi connectivity index (χ1n) is 7.21. The van der Waals surface area contributed by atoms with Crippen LogP contribution in [0.4, 0.5) is 5.69 Å². The second-order valence-electron chi connectivity index (χ2n) is 4.83. The predicted molar refractivity (Wildman–Crippen MR) is 77.0 cm³/mol. The lowest BCUT2D eigenvalue weighted by atomic mass is 10.0. The van der Waals surface area contributed by atoms with Crippen molar-refractivity contribution in [3.05, 3.63) is 22.5 Å². The SMILES string of the molecule is CCOC(=O)Cc1nc2c(c(N)c1C(=O)OCC)CCC2. The molecule has 0 bridgehead atoms. The van der Waals surface area contributed by atoms with Crippen molar-refractivity contribution in [2.24, 2.45) is 0 Å². The first-order chi connectivity index (χ1) is 10.1. The van der Waals surface area contributed by atoms with Gasteiger partial charge < -0.3 is 15.2 Å². The van der Waals surface area contributed by atoms with E-state index in [2.05, 4.69) is 4.98 Å². The van der Waals surface area contributed by atoms with Gasteiger partial charge in [-0.25, -0.2) is 4.79 Å². The third-order valence-electron chi connectivity index (χ3n) is 3.44. The van der Waals surface area contributed by atoms with E-state index in [4.69, 9.17) is 15.2 Å². The molecular formula is C15H20N2O4. The molecule has 6 heteroatoms. The number of ether oxygens (including phenoxy) is 2. The Hall–Kier alpha value is -2.11. The molecule has 1 aromatic heterocycles. The van der Waals surface area contributed by atoms with Gasteiger partial charge in [-0.3, -0.25) is 9.78 Å². The highest BCUT2D eigenvalue weighted by Gasteiger charge is 2.27. The summed E-state index contributed by atoms with van der Waals surface area (Å²) in [5.74, 6) is -0.954. The van der Waals surface area contributed by atoms with Gasteiger partial charge in [0.25, 0.3) is 0 Å². The highest BCUT2D eigenvalue weighted by atomic mass is 16.5. The molecule has 1 aliphatic carbocycles. The molecule has 0 unspecified atom stereocenters. The summed E-state index contributed by atoms with van der Waals surface area (Å²) >= 11 is 0. The monoisotopic (exact) mass is 292 g/mol. The van der Waals surface area contributed by atoms with Crippen LogP contribution in [0.1, 0.15) is 47.6 Å². The molecule has 0 saturated carbocycles. The van der Waals surface area contributed by atoms with Crippen molar-refractivity contribution in [3.63, 3.8) is 0 Å². The third kappa shape index (κ3) is 3.15. The molecule has 0 fully saturated rings. The number of aryl methyl sites for hydroxylation is 1. The number of aromatic nitrogens is 1. The third-order valence-corrected chi connectivity index (χ3v) is 3.44. The van der Waals surface area contributed by atoms with Crippen LogP contribution >= 0.6 is 0 Å². The molecule has 21 heavy (non-hydrogen) atoms. The Labute approximate surface area is 123 Å². The lowest BCUT2D eigenvalue weighted by molar-refractivity contribution is -0.142. The summed E-state index contributed by atoms with van der Waals surface area (Å²) in [6.45, 7) is 3.98. The zero-order valence-electron chi connectivity index (χ0n) is 12.4. The van der Waals surface area contributed by atoms with Crippen LogP contribution in [-0.2, 0) is 33.5 Å². The summed E-state index contributed by atoms with van der Waals surface area (Å²) in [4.78, 5) is 28.3. The van der Waals surface area contributed by atoms with E-state index in [1.165, 1.54) is 0 Å². The van der Waals surface area contributed by atoms with Gasteiger partial charge in [0.05, 0.1) is 31.0 Å². The smallest absolute Gasteiger partial charge is 0.342 e. The highest BCUT2D eigenvalue weighted by molar-refractivity contribution is 5.98. The molecule has 0 atom stereocenters. The number of fused-ring (bicyclic) bond motifs is 1. The average Bonchev–Trinajstić information content (AvgIpc) is 2.87. The van der Waals surface area contributed by atoms with Gasteiger partial charge in [0, 0.05) is 5.69 Å². The van der Waals surface area contributed by atoms with Crippen LogP contribution in [0.3, 0.4) is 0 Å². The van der Waals surface area contributed by atoms with Crippen molar-refractivity contribution in [1.82, 2.24) is 4.98 Å². The lowest BCUT2D eigenvalue weighted by Gasteiger charge is -2.14. The number of carbonyl (C=O) groups is 2. The van der Waals surface area contributed by atoms with Crippen LogP contribution in [0.2, 0.25) is 0 Å². The Balaban J connectivity index is 2.43. The van der Waals surface area contributed by atoms with Crippen molar-refractivity contribution < 1.29 is 19.1 Å². The number of hydrogen-bond donors (Lipinski definition) is 1. The van der Waals surface area contributed by atoms with E-state index >= 15 is 0 Å². The zero-order chi connectivity index (χ0) is 15.4. The number of nitrogens with two attached hydrogens (primary N) is 1. The first kappa shape index (κ1) is 15.3. The maximum atomic E-state index is 12.1. The number of hydrogen-bond acceptors (Lipinski definition) is 6. The maximum absolute atomic E-state index is 12.1. The minimum atomic E-state index is -0.531. The van der Waals surface area contributed by atoms with Gasteiger partial charge in [0.1, 0.15) is 5.56 Å². The topological polar surface area (TPSA) is 91.5 Å². The van der Waals surface area contributed by atoms with Crippen LogP contribution < -0.4 is 5.73 Å². The van der Waals surface area contributed by atoms with Gasteiger partial charge in [-0.15, -0.1) is 0 Å². The fourth-order valence-electron chi connectivity index (χ4n) is 2.57. The van der Waals surface area contributed by atoms with Crippen molar-refractivity contribution >= 4 is 17.6 Å². The van der Waals surface area contributed by atoms with Crippen LogP contribution in [-0.4, -0.2) is 30.1 Å². The van der Waals surface area contributed by atoms with Gasteiger partial charge in [-0.1, -0.05) is 0 Å². The number of carbonyl (C=O) groups excluding carboxylic acids is 2. The molecule has 1 aliphatic rings. The summed E-state index contributed by atoms with van der Waals surface area (Å²) < 4.78 is 9.97. The first-order valence-corrected chi connectivity index (χ1v) is 7.21. The molecule has 0 spiro atoms. The lowest BCUT2D eigenvalue weighted by Crippen LogP contribution is -2.19. The van der Waals surface area contributed by atoms with E-state index in [1.54, 1.807) is 13.8 Å². The predicted octanol–water partition coefficient (Wildman–Crippen LogP) is 1.43. The van der Waals surface area contributed by atoms with Crippen molar-refractivity contribution in [3.8, 4) is 0 Å². The number of anilines is 1. The van der Waals surface area contributed by atoms with E-state index in [9.17, 15) is 9.59 Å². The molecule has 0 aliphatic heterocycles. The normalized spacial score (nSPS) is 12.9. The molecule has 1 heterocycles. The zero-order valence-corrected chi connectivity index (χ0v) is 12.4. The molecule has 0 amide bonds. The molecule has 114 valence electrons. The van der Waals surface area contributed by atoms with E-state index in [1.807, 2.05) is 0 Å². The minimum absolute atomic E-state index is 0.0700. The van der Waals surface area contributed by atoms with Crippen molar-refractivity contribution in [1.29, 1.82) is 0 Å². The largest absolute Gasteiger partial charge is 0.466 e. The molecule has 6 nitrogen and oxygen atoms in total. The van der Waals surface area contributed by atoms with Gasteiger partial charge >= 0.3 is 11.9 Å². The fourth-order valence-corrected chi connectivity index (χ4v) is 2.57. The van der Waals surface area contributed by atoms with E-state index in [-0.39, 0.29) is 25.2 Å². The van der Waals surface area contributed by atoms with Crippen molar-refractivity contribution in [2.45, 2.75) is 39.5 Å².